The van der Waals surface area contributed by atoms with Crippen LogP contribution >= 0.6 is 0 Å². The Morgan fingerprint density at radius 1 is 0.800 bits per heavy atom. The van der Waals surface area contributed by atoms with E-state index in [4.69, 9.17) is 9.47 Å². The first-order valence-corrected chi connectivity index (χ1v) is 16.0. The normalized spacial score (nSPS) is 44.0. The number of aliphatic hydroxyl groups is 2. The van der Waals surface area contributed by atoms with E-state index in [2.05, 4.69) is 34.6 Å². The number of rotatable bonds is 7. The molecule has 10 atom stereocenters. The summed E-state index contributed by atoms with van der Waals surface area (Å²) < 4.78 is 12.1. The van der Waals surface area contributed by atoms with Gasteiger partial charge in [0, 0.05) is 25.2 Å². The smallest absolute Gasteiger partial charge is 0.302 e. The van der Waals surface area contributed by atoms with Crippen LogP contribution in [0.1, 0.15) is 133 Å². The predicted molar refractivity (Wildman–Crippen MR) is 156 cm³/mol. The quantitative estimate of drug-likeness (QED) is 0.330. The first kappa shape index (κ1) is 31.8. The maximum Gasteiger partial charge on any atom is 0.302 e. The molecule has 2 N–H and O–H groups in total. The zero-order chi connectivity index (χ0) is 30.1. The number of ether oxygens (including phenoxy) is 2. The summed E-state index contributed by atoms with van der Waals surface area (Å²) in [6, 6.07) is 0. The summed E-state index contributed by atoms with van der Waals surface area (Å²) >= 11 is 0. The highest BCUT2D eigenvalue weighted by Crippen LogP contribution is 2.76. The average Bonchev–Trinajstić information content (AvgIpc) is 3.16. The van der Waals surface area contributed by atoms with Crippen molar-refractivity contribution in [2.24, 2.45) is 45.3 Å². The number of hydrogen-bond donors (Lipinski definition) is 2. The van der Waals surface area contributed by atoms with Gasteiger partial charge in [0.25, 0.3) is 0 Å². The van der Waals surface area contributed by atoms with E-state index in [1.807, 2.05) is 20.8 Å². The summed E-state index contributed by atoms with van der Waals surface area (Å²) in [7, 11) is 0. The molecule has 0 aromatic rings. The van der Waals surface area contributed by atoms with Gasteiger partial charge in [0.15, 0.2) is 0 Å². The number of fused-ring (bicyclic) bond motifs is 5. The van der Waals surface area contributed by atoms with Crippen LogP contribution in [0, 0.1) is 45.3 Å². The van der Waals surface area contributed by atoms with E-state index in [-0.39, 0.29) is 57.6 Å². The van der Waals surface area contributed by atoms with Crippen molar-refractivity contribution >= 4 is 11.9 Å². The molecule has 230 valence electrons. The third-order valence-corrected chi connectivity index (χ3v) is 13.2. The minimum atomic E-state index is -0.888. The summed E-state index contributed by atoms with van der Waals surface area (Å²) in [5, 5.41) is 22.2. The highest BCUT2D eigenvalue weighted by molar-refractivity contribution is 5.66. The van der Waals surface area contributed by atoms with Crippen LogP contribution in [0.15, 0.2) is 0 Å². The SMILES string of the molecule is CC(=O)O[C@H]1CC[C@]2(C)[C@H]3C[C@@H](OC(C)=O)[C@@H]4[C@@H]([C@](C)(O)CCCC(C)(C)O)CC[C@@]4(C)[C@]3(C)CC[C@H]2C1(C)C. The summed E-state index contributed by atoms with van der Waals surface area (Å²) in [5.41, 5.74) is -1.72. The summed E-state index contributed by atoms with van der Waals surface area (Å²) in [6.45, 7) is 20.7. The molecular weight excluding hydrogens is 504 g/mol. The maximum atomic E-state index is 12.5. The molecule has 0 bridgehead atoms. The van der Waals surface area contributed by atoms with Crippen LogP contribution in [0.25, 0.3) is 0 Å². The average molecular weight is 563 g/mol. The van der Waals surface area contributed by atoms with Crippen molar-refractivity contribution in [3.05, 3.63) is 0 Å². The second kappa shape index (κ2) is 10.2. The maximum absolute atomic E-state index is 12.5. The van der Waals surface area contributed by atoms with E-state index in [9.17, 15) is 19.8 Å². The van der Waals surface area contributed by atoms with Gasteiger partial charge >= 0.3 is 11.9 Å². The molecular formula is C34H58O6. The molecule has 0 aliphatic heterocycles. The van der Waals surface area contributed by atoms with E-state index >= 15 is 0 Å². The van der Waals surface area contributed by atoms with Crippen molar-refractivity contribution in [2.45, 2.75) is 157 Å². The molecule has 4 rings (SSSR count). The van der Waals surface area contributed by atoms with E-state index in [1.165, 1.54) is 13.8 Å². The molecule has 0 saturated heterocycles. The van der Waals surface area contributed by atoms with Gasteiger partial charge in [-0.05, 0) is 119 Å². The monoisotopic (exact) mass is 562 g/mol. The Bertz CT molecular complexity index is 979. The van der Waals surface area contributed by atoms with Crippen LogP contribution in [-0.4, -0.2) is 45.6 Å². The van der Waals surface area contributed by atoms with Gasteiger partial charge in [-0.2, -0.15) is 0 Å². The first-order chi connectivity index (χ1) is 18.2. The summed E-state index contributed by atoms with van der Waals surface area (Å²) in [6.07, 6.45) is 8.59. The van der Waals surface area contributed by atoms with Gasteiger partial charge in [0.2, 0.25) is 0 Å². The Balaban J connectivity index is 1.69. The fraction of sp³-hybridized carbons (Fsp3) is 0.941. The van der Waals surface area contributed by atoms with Crippen LogP contribution in [0.5, 0.6) is 0 Å². The Morgan fingerprint density at radius 3 is 1.98 bits per heavy atom. The Kier molecular flexibility index (Phi) is 8.14. The predicted octanol–water partition coefficient (Wildman–Crippen LogP) is 6.84. The van der Waals surface area contributed by atoms with Gasteiger partial charge in [0.1, 0.15) is 12.2 Å². The van der Waals surface area contributed by atoms with Gasteiger partial charge in [0.05, 0.1) is 11.2 Å². The Hall–Kier alpha value is -1.14. The van der Waals surface area contributed by atoms with Crippen LogP contribution < -0.4 is 0 Å². The van der Waals surface area contributed by atoms with Gasteiger partial charge in [-0.15, -0.1) is 0 Å². The van der Waals surface area contributed by atoms with E-state index in [0.29, 0.717) is 24.7 Å². The lowest BCUT2D eigenvalue weighted by Gasteiger charge is -2.70. The second-order valence-corrected chi connectivity index (χ2v) is 16.5. The summed E-state index contributed by atoms with van der Waals surface area (Å²) in [5.74, 6) is 0.497. The largest absolute Gasteiger partial charge is 0.462 e. The molecule has 4 saturated carbocycles. The lowest BCUT2D eigenvalue weighted by Crippen LogP contribution is -2.67. The molecule has 4 aliphatic rings. The topological polar surface area (TPSA) is 93.1 Å². The van der Waals surface area contributed by atoms with Gasteiger partial charge in [-0.1, -0.05) is 34.6 Å². The van der Waals surface area contributed by atoms with E-state index < -0.39 is 11.2 Å². The molecule has 40 heavy (non-hydrogen) atoms. The second-order valence-electron chi connectivity index (χ2n) is 16.5. The molecule has 0 unspecified atom stereocenters. The zero-order valence-electron chi connectivity index (χ0n) is 27.1. The highest BCUT2D eigenvalue weighted by Gasteiger charge is 2.72. The first-order valence-electron chi connectivity index (χ1n) is 16.0. The molecule has 0 aromatic carbocycles. The lowest BCUT2D eigenvalue weighted by molar-refractivity contribution is -0.252. The van der Waals surface area contributed by atoms with Gasteiger partial charge < -0.3 is 19.7 Å². The van der Waals surface area contributed by atoms with Crippen molar-refractivity contribution in [1.29, 1.82) is 0 Å². The number of esters is 2. The zero-order valence-corrected chi connectivity index (χ0v) is 27.1. The van der Waals surface area contributed by atoms with Crippen LogP contribution in [0.2, 0.25) is 0 Å². The van der Waals surface area contributed by atoms with Crippen molar-refractivity contribution < 1.29 is 29.3 Å². The third kappa shape index (κ3) is 5.16. The van der Waals surface area contributed by atoms with Crippen molar-refractivity contribution in [3.8, 4) is 0 Å². The number of carbonyl (C=O) groups excluding carboxylic acids is 2. The van der Waals surface area contributed by atoms with Crippen LogP contribution in [0.4, 0.5) is 0 Å². The Labute approximate surface area is 243 Å². The lowest BCUT2D eigenvalue weighted by atomic mass is 9.35. The molecule has 0 amide bonds. The summed E-state index contributed by atoms with van der Waals surface area (Å²) in [4.78, 5) is 24.5. The van der Waals surface area contributed by atoms with Crippen LogP contribution in [0.3, 0.4) is 0 Å². The molecule has 4 fully saturated rings. The van der Waals surface area contributed by atoms with E-state index in [1.54, 1.807) is 0 Å². The molecule has 4 aliphatic carbocycles. The minimum Gasteiger partial charge on any atom is -0.462 e. The van der Waals surface area contributed by atoms with Crippen LogP contribution in [-0.2, 0) is 19.1 Å². The molecule has 0 heterocycles. The molecule has 6 nitrogen and oxygen atoms in total. The van der Waals surface area contributed by atoms with Crippen molar-refractivity contribution in [1.82, 2.24) is 0 Å². The number of carbonyl (C=O) groups is 2. The molecule has 6 heteroatoms. The van der Waals surface area contributed by atoms with Gasteiger partial charge in [-0.25, -0.2) is 0 Å². The van der Waals surface area contributed by atoms with E-state index in [0.717, 1.165) is 51.4 Å². The molecule has 0 radical (unpaired) electrons. The third-order valence-electron chi connectivity index (χ3n) is 13.2. The minimum absolute atomic E-state index is 0.0445. The Morgan fingerprint density at radius 2 is 1.40 bits per heavy atom. The molecule has 0 spiro atoms. The fourth-order valence-electron chi connectivity index (χ4n) is 11.2. The van der Waals surface area contributed by atoms with Crippen molar-refractivity contribution in [2.75, 3.05) is 0 Å². The standard InChI is InChI=1S/C34H58O6/c1-21(35)39-24-20-26-31(7)17-14-27(40-22(2)36)30(5,6)25(31)13-19-32(26,8)33(9)18-12-23(28(24)33)34(10,38)16-11-15-29(3,4)37/h23-28,37-38H,11-20H2,1-10H3/t23-,24+,25-,26+,27-,28-,31-,32+,33+,34+/m0/s1. The highest BCUT2D eigenvalue weighted by atomic mass is 16.5. The molecule has 0 aromatic heterocycles. The fourth-order valence-corrected chi connectivity index (χ4v) is 11.2. The number of hydrogen-bond acceptors (Lipinski definition) is 6. The van der Waals surface area contributed by atoms with Crippen molar-refractivity contribution in [3.63, 3.8) is 0 Å². The van der Waals surface area contributed by atoms with Gasteiger partial charge in [-0.3, -0.25) is 9.59 Å².